The fourth-order valence-corrected chi connectivity index (χ4v) is 2.90. The van der Waals surface area contributed by atoms with E-state index in [0.717, 1.165) is 0 Å². The van der Waals surface area contributed by atoms with Crippen LogP contribution in [0.2, 0.25) is 0 Å². The molecule has 1 N–H and O–H groups in total. The Bertz CT molecular complexity index is 668. The predicted octanol–water partition coefficient (Wildman–Crippen LogP) is 2.20. The maximum absolute atomic E-state index is 12.7. The molecular formula is C18H24N2O5. The van der Waals surface area contributed by atoms with Gasteiger partial charge in [-0.05, 0) is 45.4 Å². The summed E-state index contributed by atoms with van der Waals surface area (Å²) in [4.78, 5) is 26.3. The van der Waals surface area contributed by atoms with E-state index in [1.807, 2.05) is 20.8 Å². The molecule has 2 aliphatic heterocycles. The number of amides is 2. The molecule has 3 rings (SSSR count). The van der Waals surface area contributed by atoms with Crippen LogP contribution in [0.25, 0.3) is 0 Å². The number of nitrogens with zero attached hydrogens (tertiary/aromatic N) is 1. The van der Waals surface area contributed by atoms with E-state index in [1.54, 1.807) is 23.1 Å². The Morgan fingerprint density at radius 1 is 1.20 bits per heavy atom. The van der Waals surface area contributed by atoms with Crippen LogP contribution in [0.5, 0.6) is 11.5 Å². The average molecular weight is 348 g/mol. The van der Waals surface area contributed by atoms with Gasteiger partial charge in [0, 0.05) is 18.7 Å². The molecule has 2 heterocycles. The van der Waals surface area contributed by atoms with Crippen molar-refractivity contribution in [2.75, 3.05) is 26.3 Å². The molecule has 0 spiro atoms. The van der Waals surface area contributed by atoms with E-state index in [-0.39, 0.29) is 11.9 Å². The second-order valence-electron chi connectivity index (χ2n) is 7.24. The van der Waals surface area contributed by atoms with Crippen LogP contribution in [-0.4, -0.2) is 54.8 Å². The summed E-state index contributed by atoms with van der Waals surface area (Å²) < 4.78 is 16.3. The van der Waals surface area contributed by atoms with Gasteiger partial charge in [-0.1, -0.05) is 0 Å². The Morgan fingerprint density at radius 2 is 1.92 bits per heavy atom. The Balaban J connectivity index is 1.58. The minimum atomic E-state index is -0.538. The van der Waals surface area contributed by atoms with Crippen molar-refractivity contribution in [2.24, 2.45) is 0 Å². The number of benzene rings is 1. The predicted molar refractivity (Wildman–Crippen MR) is 91.1 cm³/mol. The highest BCUT2D eigenvalue weighted by molar-refractivity contribution is 5.95. The summed E-state index contributed by atoms with van der Waals surface area (Å²) in [5.74, 6) is 1.18. The summed E-state index contributed by atoms with van der Waals surface area (Å²) in [5, 5.41) is 2.82. The van der Waals surface area contributed by atoms with Crippen LogP contribution in [0.4, 0.5) is 4.79 Å². The number of hydrogen-bond donors (Lipinski definition) is 1. The molecule has 1 fully saturated rings. The third kappa shape index (κ3) is 4.35. The highest BCUT2D eigenvalue weighted by atomic mass is 16.6. The highest BCUT2D eigenvalue weighted by Gasteiger charge is 2.30. The second kappa shape index (κ2) is 6.82. The molecule has 1 unspecified atom stereocenters. The molecular weight excluding hydrogens is 324 g/mol. The first-order valence-corrected chi connectivity index (χ1v) is 8.50. The van der Waals surface area contributed by atoms with Crippen molar-refractivity contribution in [1.29, 1.82) is 0 Å². The normalized spacial score (nSPS) is 19.5. The maximum atomic E-state index is 12.7. The molecule has 0 bridgehead atoms. The van der Waals surface area contributed by atoms with E-state index < -0.39 is 11.7 Å². The van der Waals surface area contributed by atoms with Gasteiger partial charge in [-0.2, -0.15) is 0 Å². The van der Waals surface area contributed by atoms with Crippen molar-refractivity contribution in [3.05, 3.63) is 23.8 Å². The van der Waals surface area contributed by atoms with Gasteiger partial charge in [-0.3, -0.25) is 4.79 Å². The number of alkyl carbamates (subject to hydrolysis) is 1. The molecule has 0 radical (unpaired) electrons. The minimum Gasteiger partial charge on any atom is -0.486 e. The van der Waals surface area contributed by atoms with Crippen LogP contribution in [0, 0.1) is 0 Å². The summed E-state index contributed by atoms with van der Waals surface area (Å²) in [5.41, 5.74) is 0.0193. The molecule has 2 amide bonds. The number of hydrogen-bond acceptors (Lipinski definition) is 5. The fraction of sp³-hybridized carbons (Fsp3) is 0.556. The molecule has 7 heteroatoms. The third-order valence-corrected chi connectivity index (χ3v) is 3.99. The van der Waals surface area contributed by atoms with Crippen LogP contribution in [0.3, 0.4) is 0 Å². The lowest BCUT2D eigenvalue weighted by Crippen LogP contribution is -2.41. The zero-order valence-corrected chi connectivity index (χ0v) is 14.8. The molecule has 1 aromatic rings. The lowest BCUT2D eigenvalue weighted by atomic mass is 10.1. The van der Waals surface area contributed by atoms with Crippen LogP contribution in [-0.2, 0) is 4.74 Å². The highest BCUT2D eigenvalue weighted by Crippen LogP contribution is 2.31. The standard InChI is InChI=1S/C18H24N2O5/c1-18(2,3)25-17(22)19-13-6-7-20(11-13)16(21)12-4-5-14-15(10-12)24-9-8-23-14/h4-5,10,13H,6-9,11H2,1-3H3,(H,19,22). The maximum Gasteiger partial charge on any atom is 0.407 e. The first kappa shape index (κ1) is 17.4. The largest absolute Gasteiger partial charge is 0.486 e. The Labute approximate surface area is 147 Å². The number of ether oxygens (including phenoxy) is 3. The Kier molecular flexibility index (Phi) is 4.74. The van der Waals surface area contributed by atoms with E-state index in [2.05, 4.69) is 5.32 Å². The molecule has 2 aliphatic rings. The first-order valence-electron chi connectivity index (χ1n) is 8.50. The van der Waals surface area contributed by atoms with E-state index in [9.17, 15) is 9.59 Å². The second-order valence-corrected chi connectivity index (χ2v) is 7.24. The van der Waals surface area contributed by atoms with E-state index >= 15 is 0 Å². The number of carbonyl (C=O) groups is 2. The fourth-order valence-electron chi connectivity index (χ4n) is 2.90. The van der Waals surface area contributed by atoms with E-state index in [4.69, 9.17) is 14.2 Å². The van der Waals surface area contributed by atoms with Gasteiger partial charge >= 0.3 is 6.09 Å². The van der Waals surface area contributed by atoms with Gasteiger partial charge < -0.3 is 24.4 Å². The van der Waals surface area contributed by atoms with E-state index in [0.29, 0.717) is 49.8 Å². The molecule has 7 nitrogen and oxygen atoms in total. The smallest absolute Gasteiger partial charge is 0.407 e. The lowest BCUT2D eigenvalue weighted by Gasteiger charge is -2.22. The summed E-state index contributed by atoms with van der Waals surface area (Å²) in [7, 11) is 0. The average Bonchev–Trinajstić information content (AvgIpc) is 3.00. The monoisotopic (exact) mass is 348 g/mol. The minimum absolute atomic E-state index is 0.0783. The quantitative estimate of drug-likeness (QED) is 0.887. The number of rotatable bonds is 2. The van der Waals surface area contributed by atoms with E-state index in [1.165, 1.54) is 0 Å². The van der Waals surface area contributed by atoms with Crippen LogP contribution < -0.4 is 14.8 Å². The lowest BCUT2D eigenvalue weighted by molar-refractivity contribution is 0.0502. The number of carbonyl (C=O) groups excluding carboxylic acids is 2. The van der Waals surface area contributed by atoms with Crippen molar-refractivity contribution in [3.63, 3.8) is 0 Å². The SMILES string of the molecule is CC(C)(C)OC(=O)NC1CCN(C(=O)c2ccc3c(c2)OCCO3)C1. The van der Waals surface area contributed by atoms with Gasteiger partial charge in [0.25, 0.3) is 5.91 Å². The molecule has 136 valence electrons. The van der Waals surface area contributed by atoms with Gasteiger partial charge in [0.05, 0.1) is 6.04 Å². The summed E-state index contributed by atoms with van der Waals surface area (Å²) in [6.07, 6.45) is 0.251. The van der Waals surface area contributed by atoms with Crippen molar-refractivity contribution in [1.82, 2.24) is 10.2 Å². The topological polar surface area (TPSA) is 77.1 Å². The van der Waals surface area contributed by atoms with Gasteiger partial charge in [0.2, 0.25) is 0 Å². The molecule has 0 aromatic heterocycles. The van der Waals surface area contributed by atoms with Crippen molar-refractivity contribution in [3.8, 4) is 11.5 Å². The van der Waals surface area contributed by atoms with Crippen molar-refractivity contribution < 1.29 is 23.8 Å². The number of nitrogens with one attached hydrogen (secondary N) is 1. The summed E-state index contributed by atoms with van der Waals surface area (Å²) in [6.45, 7) is 7.51. The summed E-state index contributed by atoms with van der Waals surface area (Å²) in [6, 6.07) is 5.11. The van der Waals surface area contributed by atoms with Gasteiger partial charge in [-0.15, -0.1) is 0 Å². The van der Waals surface area contributed by atoms with Gasteiger partial charge in [0.1, 0.15) is 18.8 Å². The zero-order chi connectivity index (χ0) is 18.0. The van der Waals surface area contributed by atoms with Crippen molar-refractivity contribution >= 4 is 12.0 Å². The van der Waals surface area contributed by atoms with Crippen LogP contribution >= 0.6 is 0 Å². The third-order valence-electron chi connectivity index (χ3n) is 3.99. The molecule has 25 heavy (non-hydrogen) atoms. The Morgan fingerprint density at radius 3 is 2.64 bits per heavy atom. The molecule has 0 saturated carbocycles. The molecule has 1 saturated heterocycles. The zero-order valence-electron chi connectivity index (χ0n) is 14.8. The van der Waals surface area contributed by atoms with Crippen LogP contribution in [0.1, 0.15) is 37.6 Å². The van der Waals surface area contributed by atoms with Gasteiger partial charge in [0.15, 0.2) is 11.5 Å². The molecule has 1 atom stereocenters. The first-order chi connectivity index (χ1) is 11.8. The summed E-state index contributed by atoms with van der Waals surface area (Å²) >= 11 is 0. The Hall–Kier alpha value is -2.44. The molecule has 1 aromatic carbocycles. The van der Waals surface area contributed by atoms with Gasteiger partial charge in [-0.25, -0.2) is 4.79 Å². The number of likely N-dealkylation sites (tertiary alicyclic amines) is 1. The number of fused-ring (bicyclic) bond motifs is 1. The van der Waals surface area contributed by atoms with Crippen molar-refractivity contribution in [2.45, 2.75) is 38.8 Å². The van der Waals surface area contributed by atoms with Crippen LogP contribution in [0.15, 0.2) is 18.2 Å². The molecule has 0 aliphatic carbocycles.